The second-order valence-corrected chi connectivity index (χ2v) is 12.4. The SMILES string of the molecule is CCCCCCCCCC(=O)NC(CC(=O)OC)C(=O)NC(C(=O)NC(C)C(=O)NC(CC(C)C)C(=O)OCCCC)C(C)C. The maximum absolute atomic E-state index is 13.2. The summed E-state index contributed by atoms with van der Waals surface area (Å²) in [6.45, 7) is 13.1. The zero-order valence-electron chi connectivity index (χ0n) is 28.9. The lowest BCUT2D eigenvalue weighted by Gasteiger charge is -2.27. The Morgan fingerprint density at radius 2 is 1.24 bits per heavy atom. The van der Waals surface area contributed by atoms with Crippen LogP contribution in [-0.2, 0) is 38.2 Å². The molecule has 0 bridgehead atoms. The summed E-state index contributed by atoms with van der Waals surface area (Å²) in [6, 6.07) is -4.20. The number of hydrogen-bond acceptors (Lipinski definition) is 8. The van der Waals surface area contributed by atoms with Gasteiger partial charge in [-0.2, -0.15) is 0 Å². The summed E-state index contributed by atoms with van der Waals surface area (Å²) in [5, 5.41) is 10.5. The summed E-state index contributed by atoms with van der Waals surface area (Å²) in [5.41, 5.74) is 0. The number of nitrogens with one attached hydrogen (secondary N) is 4. The van der Waals surface area contributed by atoms with Gasteiger partial charge in [-0.05, 0) is 38.0 Å². The molecule has 260 valence electrons. The number of carbonyl (C=O) groups excluding carboxylic acids is 6. The first-order valence-corrected chi connectivity index (χ1v) is 16.7. The number of ether oxygens (including phenoxy) is 2. The van der Waals surface area contributed by atoms with E-state index in [0.29, 0.717) is 19.3 Å². The van der Waals surface area contributed by atoms with Crippen LogP contribution in [0.15, 0.2) is 0 Å². The molecule has 0 aliphatic carbocycles. The van der Waals surface area contributed by atoms with E-state index in [0.717, 1.165) is 32.1 Å². The van der Waals surface area contributed by atoms with E-state index in [1.54, 1.807) is 13.8 Å². The molecule has 0 saturated heterocycles. The molecule has 0 heterocycles. The summed E-state index contributed by atoms with van der Waals surface area (Å²) in [6.07, 6.45) is 8.99. The Balaban J connectivity index is 5.32. The summed E-state index contributed by atoms with van der Waals surface area (Å²) in [4.78, 5) is 76.6. The molecule has 4 unspecified atom stereocenters. The molecule has 4 atom stereocenters. The fourth-order valence-electron chi connectivity index (χ4n) is 4.53. The average molecular weight is 641 g/mol. The minimum atomic E-state index is -1.24. The minimum absolute atomic E-state index is 0.105. The van der Waals surface area contributed by atoms with Gasteiger partial charge in [0.1, 0.15) is 24.2 Å². The molecule has 0 aromatic rings. The molecule has 0 radical (unpaired) electrons. The lowest BCUT2D eigenvalue weighted by atomic mass is 10.0. The molecule has 0 aromatic heterocycles. The summed E-state index contributed by atoms with van der Waals surface area (Å²) >= 11 is 0. The third-order valence-corrected chi connectivity index (χ3v) is 7.31. The summed E-state index contributed by atoms with van der Waals surface area (Å²) in [7, 11) is 1.19. The van der Waals surface area contributed by atoms with E-state index in [1.807, 2.05) is 20.8 Å². The molecule has 4 amide bonds. The number of carbonyl (C=O) groups is 6. The number of methoxy groups -OCH3 is 1. The molecule has 0 fully saturated rings. The smallest absolute Gasteiger partial charge is 0.328 e. The van der Waals surface area contributed by atoms with E-state index in [4.69, 9.17) is 9.47 Å². The van der Waals surface area contributed by atoms with Crippen LogP contribution in [0.1, 0.15) is 126 Å². The zero-order chi connectivity index (χ0) is 34.4. The number of hydrogen-bond donors (Lipinski definition) is 4. The summed E-state index contributed by atoms with van der Waals surface area (Å²) < 4.78 is 10.0. The first-order valence-electron chi connectivity index (χ1n) is 16.7. The predicted octanol–water partition coefficient (Wildman–Crippen LogP) is 3.69. The molecule has 12 nitrogen and oxygen atoms in total. The van der Waals surface area contributed by atoms with Crippen molar-refractivity contribution in [2.24, 2.45) is 11.8 Å². The van der Waals surface area contributed by atoms with Crippen molar-refractivity contribution in [2.45, 2.75) is 150 Å². The fraction of sp³-hybridized carbons (Fsp3) is 0.818. The first-order chi connectivity index (χ1) is 21.3. The van der Waals surface area contributed by atoms with E-state index in [1.165, 1.54) is 26.9 Å². The van der Waals surface area contributed by atoms with Gasteiger partial charge < -0.3 is 30.7 Å². The fourth-order valence-corrected chi connectivity index (χ4v) is 4.53. The largest absolute Gasteiger partial charge is 0.469 e. The highest BCUT2D eigenvalue weighted by Crippen LogP contribution is 2.10. The Kier molecular flexibility index (Phi) is 22.4. The minimum Gasteiger partial charge on any atom is -0.469 e. The second-order valence-electron chi connectivity index (χ2n) is 12.4. The molecule has 4 N–H and O–H groups in total. The van der Waals surface area contributed by atoms with Gasteiger partial charge in [0.05, 0.1) is 20.1 Å². The van der Waals surface area contributed by atoms with Crippen LogP contribution < -0.4 is 21.3 Å². The van der Waals surface area contributed by atoms with Gasteiger partial charge in [-0.1, -0.05) is 86.5 Å². The van der Waals surface area contributed by atoms with Crippen LogP contribution in [0, 0.1) is 11.8 Å². The Hall–Kier alpha value is -3.18. The predicted molar refractivity (Wildman–Crippen MR) is 173 cm³/mol. The van der Waals surface area contributed by atoms with Gasteiger partial charge in [-0.3, -0.25) is 24.0 Å². The van der Waals surface area contributed by atoms with Crippen LogP contribution in [0.5, 0.6) is 0 Å². The van der Waals surface area contributed by atoms with Crippen molar-refractivity contribution < 1.29 is 38.2 Å². The van der Waals surface area contributed by atoms with Gasteiger partial charge in [0, 0.05) is 6.42 Å². The standard InChI is InChI=1S/C33H60N4O8/c1-9-11-13-14-15-16-17-18-27(38)35-25(21-28(39)44-8)31(41)37-29(23(5)6)32(42)34-24(7)30(40)36-26(20-22(3)4)33(43)45-19-12-10-2/h22-26,29H,9-21H2,1-8H3,(H,34,42)(H,35,38)(H,36,40)(H,37,41). The lowest BCUT2D eigenvalue weighted by Crippen LogP contribution is -2.58. The van der Waals surface area contributed by atoms with Crippen LogP contribution >= 0.6 is 0 Å². The van der Waals surface area contributed by atoms with Crippen molar-refractivity contribution in [2.75, 3.05) is 13.7 Å². The molecule has 0 aliphatic heterocycles. The monoisotopic (exact) mass is 640 g/mol. The molecular weight excluding hydrogens is 580 g/mol. The normalized spacial score (nSPS) is 13.7. The van der Waals surface area contributed by atoms with Crippen LogP contribution in [0.2, 0.25) is 0 Å². The third kappa shape index (κ3) is 19.1. The Morgan fingerprint density at radius 1 is 0.644 bits per heavy atom. The third-order valence-electron chi connectivity index (χ3n) is 7.31. The van der Waals surface area contributed by atoms with Crippen molar-refractivity contribution in [1.29, 1.82) is 0 Å². The van der Waals surface area contributed by atoms with Gasteiger partial charge in [0.15, 0.2) is 0 Å². The molecular formula is C33H60N4O8. The van der Waals surface area contributed by atoms with Crippen LogP contribution in [-0.4, -0.2) is 73.5 Å². The maximum atomic E-state index is 13.2. The van der Waals surface area contributed by atoms with Crippen LogP contribution in [0.25, 0.3) is 0 Å². The van der Waals surface area contributed by atoms with E-state index >= 15 is 0 Å². The number of amides is 4. The number of unbranched alkanes of at least 4 members (excludes halogenated alkanes) is 7. The molecule has 12 heteroatoms. The van der Waals surface area contributed by atoms with E-state index < -0.39 is 66.2 Å². The number of rotatable bonds is 24. The van der Waals surface area contributed by atoms with Crippen molar-refractivity contribution >= 4 is 35.6 Å². The second kappa shape index (κ2) is 24.1. The van der Waals surface area contributed by atoms with Crippen molar-refractivity contribution in [3.8, 4) is 0 Å². The lowest BCUT2D eigenvalue weighted by molar-refractivity contribution is -0.148. The number of esters is 2. The van der Waals surface area contributed by atoms with E-state index in [2.05, 4.69) is 28.2 Å². The van der Waals surface area contributed by atoms with Crippen molar-refractivity contribution in [1.82, 2.24) is 21.3 Å². The Labute approximate surface area is 270 Å². The summed E-state index contributed by atoms with van der Waals surface area (Å²) in [5.74, 6) is -3.79. The van der Waals surface area contributed by atoms with Crippen molar-refractivity contribution in [3.63, 3.8) is 0 Å². The van der Waals surface area contributed by atoms with Crippen LogP contribution in [0.4, 0.5) is 0 Å². The van der Waals surface area contributed by atoms with Crippen LogP contribution in [0.3, 0.4) is 0 Å². The highest BCUT2D eigenvalue weighted by Gasteiger charge is 2.32. The molecule has 0 aromatic carbocycles. The van der Waals surface area contributed by atoms with Gasteiger partial charge in [0.2, 0.25) is 23.6 Å². The molecule has 0 spiro atoms. The zero-order valence-corrected chi connectivity index (χ0v) is 28.9. The Morgan fingerprint density at radius 3 is 1.80 bits per heavy atom. The van der Waals surface area contributed by atoms with E-state index in [-0.39, 0.29) is 24.9 Å². The van der Waals surface area contributed by atoms with Gasteiger partial charge >= 0.3 is 11.9 Å². The molecule has 0 rings (SSSR count). The topological polar surface area (TPSA) is 169 Å². The molecule has 0 saturated carbocycles. The first kappa shape index (κ1) is 41.8. The molecule has 0 aliphatic rings. The highest BCUT2D eigenvalue weighted by molar-refractivity contribution is 5.96. The maximum Gasteiger partial charge on any atom is 0.328 e. The average Bonchev–Trinajstić information content (AvgIpc) is 2.97. The quantitative estimate of drug-likeness (QED) is 0.0915. The Bertz CT molecular complexity index is 924. The van der Waals surface area contributed by atoms with Gasteiger partial charge in [-0.15, -0.1) is 0 Å². The van der Waals surface area contributed by atoms with E-state index in [9.17, 15) is 28.8 Å². The van der Waals surface area contributed by atoms with Crippen molar-refractivity contribution in [3.05, 3.63) is 0 Å². The molecule has 45 heavy (non-hydrogen) atoms. The van der Waals surface area contributed by atoms with Gasteiger partial charge in [0.25, 0.3) is 0 Å². The highest BCUT2D eigenvalue weighted by atomic mass is 16.5. The van der Waals surface area contributed by atoms with Gasteiger partial charge in [-0.25, -0.2) is 4.79 Å².